The maximum atomic E-state index is 12.0. The van der Waals surface area contributed by atoms with Crippen LogP contribution in [0.1, 0.15) is 35.2 Å². The number of carboxylic acid groups (broad SMARTS) is 1. The molecule has 0 spiro atoms. The van der Waals surface area contributed by atoms with E-state index in [1.54, 1.807) is 36.2 Å². The highest BCUT2D eigenvalue weighted by Crippen LogP contribution is 2.17. The van der Waals surface area contributed by atoms with E-state index in [-0.39, 0.29) is 17.6 Å². The third-order valence-corrected chi connectivity index (χ3v) is 3.47. The molecular formula is C15H19NO4. The Morgan fingerprint density at radius 3 is 2.60 bits per heavy atom. The van der Waals surface area contributed by atoms with Crippen molar-refractivity contribution in [3.05, 3.63) is 35.4 Å². The molecule has 1 unspecified atom stereocenters. The van der Waals surface area contributed by atoms with Crippen LogP contribution in [0.2, 0.25) is 0 Å². The zero-order chi connectivity index (χ0) is 14.5. The third kappa shape index (κ3) is 3.81. The predicted molar refractivity (Wildman–Crippen MR) is 73.5 cm³/mol. The van der Waals surface area contributed by atoms with Crippen molar-refractivity contribution < 1.29 is 19.4 Å². The molecular weight excluding hydrogens is 258 g/mol. The topological polar surface area (TPSA) is 66.8 Å². The largest absolute Gasteiger partial charge is 0.478 e. The molecule has 108 valence electrons. The van der Waals surface area contributed by atoms with Crippen LogP contribution < -0.4 is 0 Å². The van der Waals surface area contributed by atoms with Gasteiger partial charge in [0.2, 0.25) is 5.91 Å². The second kappa shape index (κ2) is 6.52. The van der Waals surface area contributed by atoms with Crippen LogP contribution in [-0.2, 0) is 16.1 Å². The van der Waals surface area contributed by atoms with Crippen LogP contribution >= 0.6 is 0 Å². The molecule has 5 nitrogen and oxygen atoms in total. The van der Waals surface area contributed by atoms with E-state index in [1.165, 1.54) is 0 Å². The first-order valence-corrected chi connectivity index (χ1v) is 6.74. The van der Waals surface area contributed by atoms with Crippen LogP contribution in [0.3, 0.4) is 0 Å². The van der Waals surface area contributed by atoms with E-state index < -0.39 is 5.97 Å². The normalized spacial score (nSPS) is 17.9. The molecule has 0 aliphatic carbocycles. The maximum Gasteiger partial charge on any atom is 0.335 e. The molecule has 0 bridgehead atoms. The molecule has 2 rings (SSSR count). The Bertz CT molecular complexity index is 477. The molecule has 5 heteroatoms. The first kappa shape index (κ1) is 14.5. The second-order valence-corrected chi connectivity index (χ2v) is 5.09. The van der Waals surface area contributed by atoms with Gasteiger partial charge in [-0.1, -0.05) is 12.1 Å². The van der Waals surface area contributed by atoms with Gasteiger partial charge in [0, 0.05) is 20.2 Å². The summed E-state index contributed by atoms with van der Waals surface area (Å²) in [4.78, 5) is 24.4. The fourth-order valence-corrected chi connectivity index (χ4v) is 2.27. The van der Waals surface area contributed by atoms with Crippen molar-refractivity contribution >= 4 is 11.9 Å². The van der Waals surface area contributed by atoms with Crippen molar-refractivity contribution in [3.63, 3.8) is 0 Å². The summed E-state index contributed by atoms with van der Waals surface area (Å²) >= 11 is 0. The number of rotatable bonds is 5. The molecule has 1 aliphatic heterocycles. The minimum Gasteiger partial charge on any atom is -0.478 e. The zero-order valence-electron chi connectivity index (χ0n) is 11.5. The van der Waals surface area contributed by atoms with Crippen molar-refractivity contribution in [1.82, 2.24) is 4.90 Å². The summed E-state index contributed by atoms with van der Waals surface area (Å²) in [5.41, 5.74) is 1.17. The number of aromatic carboxylic acids is 1. The number of carboxylic acids is 1. The Balaban J connectivity index is 1.87. The Hall–Kier alpha value is -1.88. The molecule has 1 fully saturated rings. The van der Waals surface area contributed by atoms with Crippen molar-refractivity contribution in [1.29, 1.82) is 0 Å². The fourth-order valence-electron chi connectivity index (χ4n) is 2.27. The smallest absolute Gasteiger partial charge is 0.335 e. The van der Waals surface area contributed by atoms with Gasteiger partial charge in [0.1, 0.15) is 0 Å². The highest BCUT2D eigenvalue weighted by atomic mass is 16.5. The lowest BCUT2D eigenvalue weighted by Crippen LogP contribution is -2.29. The van der Waals surface area contributed by atoms with Crippen molar-refractivity contribution in [2.75, 3.05) is 13.7 Å². The third-order valence-electron chi connectivity index (χ3n) is 3.47. The van der Waals surface area contributed by atoms with Crippen LogP contribution in [-0.4, -0.2) is 41.6 Å². The summed E-state index contributed by atoms with van der Waals surface area (Å²) in [6.45, 7) is 1.23. The van der Waals surface area contributed by atoms with E-state index in [1.807, 2.05) is 0 Å². The standard InChI is InChI=1S/C15H19NO4/c1-16(14(17)9-13-3-2-8-20-13)10-11-4-6-12(7-5-11)15(18)19/h4-7,13H,2-3,8-10H2,1H3,(H,18,19). The van der Waals surface area contributed by atoms with Gasteiger partial charge in [-0.05, 0) is 30.5 Å². The van der Waals surface area contributed by atoms with Crippen molar-refractivity contribution in [3.8, 4) is 0 Å². The number of carbonyl (C=O) groups is 2. The lowest BCUT2D eigenvalue weighted by molar-refractivity contribution is -0.132. The number of amides is 1. The summed E-state index contributed by atoms with van der Waals surface area (Å²) < 4.78 is 5.45. The molecule has 0 radical (unpaired) electrons. The molecule has 1 aromatic rings. The molecule has 1 N–H and O–H groups in total. The van der Waals surface area contributed by atoms with Crippen LogP contribution in [0.25, 0.3) is 0 Å². The Morgan fingerprint density at radius 2 is 2.05 bits per heavy atom. The molecule has 0 aromatic heterocycles. The Kier molecular flexibility index (Phi) is 4.74. The molecule has 20 heavy (non-hydrogen) atoms. The van der Waals surface area contributed by atoms with E-state index in [2.05, 4.69) is 0 Å². The van der Waals surface area contributed by atoms with Gasteiger partial charge in [-0.2, -0.15) is 0 Å². The van der Waals surface area contributed by atoms with Gasteiger partial charge < -0.3 is 14.7 Å². The highest BCUT2D eigenvalue weighted by Gasteiger charge is 2.21. The Morgan fingerprint density at radius 1 is 1.35 bits per heavy atom. The number of hydrogen-bond donors (Lipinski definition) is 1. The van der Waals surface area contributed by atoms with Crippen LogP contribution in [0.5, 0.6) is 0 Å². The lowest BCUT2D eigenvalue weighted by Gasteiger charge is -2.19. The molecule has 1 atom stereocenters. The Labute approximate surface area is 118 Å². The predicted octanol–water partition coefficient (Wildman–Crippen LogP) is 1.91. The average Bonchev–Trinajstić information content (AvgIpc) is 2.92. The molecule has 1 heterocycles. The van der Waals surface area contributed by atoms with Gasteiger partial charge in [-0.15, -0.1) is 0 Å². The van der Waals surface area contributed by atoms with E-state index in [0.29, 0.717) is 13.0 Å². The van der Waals surface area contributed by atoms with Crippen molar-refractivity contribution in [2.45, 2.75) is 31.9 Å². The van der Waals surface area contributed by atoms with Gasteiger partial charge in [0.15, 0.2) is 0 Å². The molecule has 1 aliphatic rings. The van der Waals surface area contributed by atoms with Crippen LogP contribution in [0, 0.1) is 0 Å². The molecule has 1 amide bonds. The number of ether oxygens (including phenoxy) is 1. The molecule has 0 saturated carbocycles. The molecule has 1 saturated heterocycles. The number of nitrogens with zero attached hydrogens (tertiary/aromatic N) is 1. The maximum absolute atomic E-state index is 12.0. The summed E-state index contributed by atoms with van der Waals surface area (Å²) in [5, 5.41) is 8.83. The van der Waals surface area contributed by atoms with Gasteiger partial charge in [0.05, 0.1) is 18.1 Å². The minimum absolute atomic E-state index is 0.0548. The summed E-state index contributed by atoms with van der Waals surface area (Å²) in [6, 6.07) is 6.57. The molecule has 1 aromatic carbocycles. The van der Waals surface area contributed by atoms with Gasteiger partial charge in [0.25, 0.3) is 0 Å². The average molecular weight is 277 g/mol. The van der Waals surface area contributed by atoms with Gasteiger partial charge >= 0.3 is 5.97 Å². The highest BCUT2D eigenvalue weighted by molar-refractivity contribution is 5.87. The van der Waals surface area contributed by atoms with E-state index >= 15 is 0 Å². The van der Waals surface area contributed by atoms with E-state index in [9.17, 15) is 9.59 Å². The quantitative estimate of drug-likeness (QED) is 0.892. The number of hydrogen-bond acceptors (Lipinski definition) is 3. The first-order chi connectivity index (χ1) is 9.56. The number of benzene rings is 1. The fraction of sp³-hybridized carbons (Fsp3) is 0.467. The van der Waals surface area contributed by atoms with Gasteiger partial charge in [-0.3, -0.25) is 4.79 Å². The van der Waals surface area contributed by atoms with E-state index in [0.717, 1.165) is 25.0 Å². The first-order valence-electron chi connectivity index (χ1n) is 6.74. The van der Waals surface area contributed by atoms with Gasteiger partial charge in [-0.25, -0.2) is 4.79 Å². The lowest BCUT2D eigenvalue weighted by atomic mass is 10.1. The minimum atomic E-state index is -0.945. The summed E-state index contributed by atoms with van der Waals surface area (Å²) in [7, 11) is 1.75. The number of carbonyl (C=O) groups excluding carboxylic acids is 1. The monoisotopic (exact) mass is 277 g/mol. The summed E-state index contributed by atoms with van der Waals surface area (Å²) in [5.74, 6) is -0.890. The zero-order valence-corrected chi connectivity index (χ0v) is 11.5. The van der Waals surface area contributed by atoms with Crippen molar-refractivity contribution in [2.24, 2.45) is 0 Å². The second-order valence-electron chi connectivity index (χ2n) is 5.09. The van der Waals surface area contributed by atoms with Crippen LogP contribution in [0.15, 0.2) is 24.3 Å². The summed E-state index contributed by atoms with van der Waals surface area (Å²) in [6.07, 6.45) is 2.45. The SMILES string of the molecule is CN(Cc1ccc(C(=O)O)cc1)C(=O)CC1CCCO1. The van der Waals surface area contributed by atoms with E-state index in [4.69, 9.17) is 9.84 Å². The van der Waals surface area contributed by atoms with Crippen LogP contribution in [0.4, 0.5) is 0 Å².